The van der Waals surface area contributed by atoms with E-state index in [0.29, 0.717) is 6.07 Å². The lowest BCUT2D eigenvalue weighted by Gasteiger charge is -2.07. The molecule has 2 nitrogen and oxygen atoms in total. The lowest BCUT2D eigenvalue weighted by Crippen LogP contribution is -2.30. The van der Waals surface area contributed by atoms with Crippen molar-refractivity contribution in [1.29, 1.82) is 0 Å². The highest BCUT2D eigenvalue weighted by atomic mass is 19.4. The summed E-state index contributed by atoms with van der Waals surface area (Å²) in [6.45, 7) is 4.00. The summed E-state index contributed by atoms with van der Waals surface area (Å²) >= 11 is 0. The predicted octanol–water partition coefficient (Wildman–Crippen LogP) is 1.41. The second-order valence-electron chi connectivity index (χ2n) is 2.50. The molecular formula is C9H12BF3O2. The van der Waals surface area contributed by atoms with Gasteiger partial charge in [-0.15, -0.1) is 0 Å². The van der Waals surface area contributed by atoms with Crippen molar-refractivity contribution in [2.75, 3.05) is 0 Å². The molecule has 1 rings (SSSR count). The van der Waals surface area contributed by atoms with Gasteiger partial charge in [-0.3, -0.25) is 0 Å². The summed E-state index contributed by atoms with van der Waals surface area (Å²) in [5.74, 6) is 0. The van der Waals surface area contributed by atoms with Gasteiger partial charge in [0.05, 0.1) is 5.56 Å². The molecule has 0 saturated heterocycles. The molecule has 1 aromatic rings. The largest absolute Gasteiger partial charge is 0.488 e. The second-order valence-corrected chi connectivity index (χ2v) is 2.50. The molecule has 1 aromatic carbocycles. The number of halogens is 3. The van der Waals surface area contributed by atoms with Crippen molar-refractivity contribution in [1.82, 2.24) is 0 Å². The third kappa shape index (κ3) is 4.35. The fourth-order valence-electron chi connectivity index (χ4n) is 0.876. The number of hydrogen-bond acceptors (Lipinski definition) is 2. The Bertz CT molecular complexity index is 300. The molecule has 0 spiro atoms. The quantitative estimate of drug-likeness (QED) is 0.702. The van der Waals surface area contributed by atoms with Crippen molar-refractivity contribution < 1.29 is 23.2 Å². The Hall–Kier alpha value is -1.01. The molecule has 0 aliphatic heterocycles. The summed E-state index contributed by atoms with van der Waals surface area (Å²) in [7, 11) is -1.87. The van der Waals surface area contributed by atoms with Crippen LogP contribution < -0.4 is 5.46 Å². The lowest BCUT2D eigenvalue weighted by atomic mass is 9.79. The Morgan fingerprint density at radius 1 is 1.13 bits per heavy atom. The van der Waals surface area contributed by atoms with Gasteiger partial charge >= 0.3 is 13.3 Å². The second kappa shape index (κ2) is 5.77. The first-order valence-electron chi connectivity index (χ1n) is 4.44. The SMILES string of the molecule is CC.OB(O)c1cccc(C(F)(F)F)c1. The minimum Gasteiger partial charge on any atom is -0.423 e. The van der Waals surface area contributed by atoms with Crippen molar-refractivity contribution in [3.8, 4) is 0 Å². The van der Waals surface area contributed by atoms with E-state index in [4.69, 9.17) is 10.0 Å². The maximum Gasteiger partial charge on any atom is 0.488 e. The normalized spacial score (nSPS) is 10.3. The molecule has 84 valence electrons. The van der Waals surface area contributed by atoms with Crippen LogP contribution in [0.15, 0.2) is 24.3 Å². The molecule has 2 N–H and O–H groups in total. The van der Waals surface area contributed by atoms with E-state index in [0.717, 1.165) is 12.1 Å². The van der Waals surface area contributed by atoms with E-state index in [1.165, 1.54) is 6.07 Å². The van der Waals surface area contributed by atoms with Crippen LogP contribution in [0.1, 0.15) is 19.4 Å². The zero-order valence-corrected chi connectivity index (χ0v) is 8.42. The fourth-order valence-corrected chi connectivity index (χ4v) is 0.876. The van der Waals surface area contributed by atoms with Crippen molar-refractivity contribution in [3.63, 3.8) is 0 Å². The van der Waals surface area contributed by atoms with Crippen LogP contribution >= 0.6 is 0 Å². The van der Waals surface area contributed by atoms with E-state index in [1.807, 2.05) is 13.8 Å². The van der Waals surface area contributed by atoms with Crippen LogP contribution in [0.5, 0.6) is 0 Å². The average molecular weight is 220 g/mol. The summed E-state index contributed by atoms with van der Waals surface area (Å²) in [4.78, 5) is 0. The van der Waals surface area contributed by atoms with Gasteiger partial charge in [0.25, 0.3) is 0 Å². The molecule has 0 fully saturated rings. The highest BCUT2D eigenvalue weighted by Gasteiger charge is 2.31. The number of alkyl halides is 3. The standard InChI is InChI=1S/C7H6BF3O2.C2H6/c9-7(10,11)5-2-1-3-6(4-5)8(12)13;1-2/h1-4,12-13H;1-2H3. The topological polar surface area (TPSA) is 40.5 Å². The maximum absolute atomic E-state index is 12.1. The molecule has 15 heavy (non-hydrogen) atoms. The van der Waals surface area contributed by atoms with Crippen molar-refractivity contribution in [3.05, 3.63) is 29.8 Å². The summed E-state index contributed by atoms with van der Waals surface area (Å²) in [5, 5.41) is 17.2. The van der Waals surface area contributed by atoms with Gasteiger partial charge in [0, 0.05) is 0 Å². The Kier molecular flexibility index (Phi) is 5.39. The van der Waals surface area contributed by atoms with Crippen molar-refractivity contribution in [2.45, 2.75) is 20.0 Å². The zero-order valence-electron chi connectivity index (χ0n) is 8.42. The van der Waals surface area contributed by atoms with Gasteiger partial charge < -0.3 is 10.0 Å². The smallest absolute Gasteiger partial charge is 0.423 e. The van der Waals surface area contributed by atoms with Gasteiger partial charge in [-0.05, 0) is 5.46 Å². The molecule has 0 aliphatic carbocycles. The van der Waals surface area contributed by atoms with Crippen molar-refractivity contribution in [2.24, 2.45) is 0 Å². The van der Waals surface area contributed by atoms with Crippen LogP contribution in [-0.2, 0) is 6.18 Å². The number of hydrogen-bond donors (Lipinski definition) is 2. The van der Waals surface area contributed by atoms with Gasteiger partial charge in [-0.25, -0.2) is 0 Å². The molecule has 0 unspecified atom stereocenters. The van der Waals surface area contributed by atoms with Crippen LogP contribution in [0.2, 0.25) is 0 Å². The number of benzene rings is 1. The Labute approximate surface area is 86.5 Å². The molecular weight excluding hydrogens is 208 g/mol. The summed E-state index contributed by atoms with van der Waals surface area (Å²) in [6.07, 6.45) is -4.45. The van der Waals surface area contributed by atoms with Gasteiger partial charge in [-0.2, -0.15) is 13.2 Å². The van der Waals surface area contributed by atoms with Crippen LogP contribution in [0.25, 0.3) is 0 Å². The molecule has 0 heterocycles. The molecule has 0 aromatic heterocycles. The molecule has 0 bridgehead atoms. The Balaban J connectivity index is 0.000000921. The maximum atomic E-state index is 12.1. The van der Waals surface area contributed by atoms with E-state index in [-0.39, 0.29) is 5.46 Å². The van der Waals surface area contributed by atoms with E-state index < -0.39 is 18.9 Å². The molecule has 6 heteroatoms. The average Bonchev–Trinajstić information content (AvgIpc) is 2.20. The lowest BCUT2D eigenvalue weighted by molar-refractivity contribution is -0.137. The first-order chi connectivity index (χ1) is 6.91. The first-order valence-corrected chi connectivity index (χ1v) is 4.44. The summed E-state index contributed by atoms with van der Waals surface area (Å²) < 4.78 is 36.2. The first kappa shape index (κ1) is 14.0. The van der Waals surface area contributed by atoms with Crippen LogP contribution in [0.4, 0.5) is 13.2 Å². The van der Waals surface area contributed by atoms with Crippen molar-refractivity contribution >= 4 is 12.6 Å². The third-order valence-electron chi connectivity index (χ3n) is 1.51. The highest BCUT2D eigenvalue weighted by molar-refractivity contribution is 6.58. The van der Waals surface area contributed by atoms with E-state index in [9.17, 15) is 13.2 Å². The monoisotopic (exact) mass is 220 g/mol. The van der Waals surface area contributed by atoms with E-state index >= 15 is 0 Å². The Morgan fingerprint density at radius 2 is 1.67 bits per heavy atom. The van der Waals surface area contributed by atoms with Crippen LogP contribution in [0.3, 0.4) is 0 Å². The van der Waals surface area contributed by atoms with Gasteiger partial charge in [0.2, 0.25) is 0 Å². The van der Waals surface area contributed by atoms with E-state index in [1.54, 1.807) is 0 Å². The third-order valence-corrected chi connectivity index (χ3v) is 1.51. The predicted molar refractivity (Wildman–Crippen MR) is 52.6 cm³/mol. The summed E-state index contributed by atoms with van der Waals surface area (Å²) in [6, 6.07) is 3.90. The minimum absolute atomic E-state index is 0.171. The highest BCUT2D eigenvalue weighted by Crippen LogP contribution is 2.27. The Morgan fingerprint density at radius 3 is 2.07 bits per heavy atom. The fraction of sp³-hybridized carbons (Fsp3) is 0.333. The molecule has 0 aliphatic rings. The molecule has 0 atom stereocenters. The summed E-state index contributed by atoms with van der Waals surface area (Å²) in [5.41, 5.74) is -1.06. The number of rotatable bonds is 1. The molecule has 0 saturated carbocycles. The zero-order chi connectivity index (χ0) is 12.1. The van der Waals surface area contributed by atoms with Crippen LogP contribution in [-0.4, -0.2) is 17.2 Å². The van der Waals surface area contributed by atoms with Crippen LogP contribution in [0, 0.1) is 0 Å². The molecule has 0 radical (unpaired) electrons. The molecule has 0 amide bonds. The van der Waals surface area contributed by atoms with Gasteiger partial charge in [0.15, 0.2) is 0 Å². The minimum atomic E-state index is -4.45. The van der Waals surface area contributed by atoms with E-state index in [2.05, 4.69) is 0 Å². The van der Waals surface area contributed by atoms with Gasteiger partial charge in [-0.1, -0.05) is 38.1 Å². The van der Waals surface area contributed by atoms with Gasteiger partial charge in [0.1, 0.15) is 0 Å².